The van der Waals surface area contributed by atoms with Crippen molar-refractivity contribution in [3.63, 3.8) is 0 Å². The molecule has 3 heteroatoms. The van der Waals surface area contributed by atoms with Crippen molar-refractivity contribution in [3.8, 4) is 0 Å². The Morgan fingerprint density at radius 2 is 1.65 bits per heavy atom. The SMILES string of the molecule is O=C(OCC1OC1C12CC3CC(CC(C3)C1)C2)c1ccccc1. The van der Waals surface area contributed by atoms with Gasteiger partial charge < -0.3 is 9.47 Å². The minimum atomic E-state index is -0.231. The second-order valence-corrected chi connectivity index (χ2v) is 8.34. The zero-order valence-corrected chi connectivity index (χ0v) is 13.4. The molecule has 5 aliphatic rings. The van der Waals surface area contributed by atoms with Crippen molar-refractivity contribution in [1.82, 2.24) is 0 Å². The molecule has 4 saturated carbocycles. The highest BCUT2D eigenvalue weighted by Gasteiger charge is 2.61. The highest BCUT2D eigenvalue weighted by atomic mass is 16.6. The van der Waals surface area contributed by atoms with Crippen LogP contribution in [0.3, 0.4) is 0 Å². The van der Waals surface area contributed by atoms with Gasteiger partial charge in [-0.15, -0.1) is 0 Å². The van der Waals surface area contributed by atoms with Crippen LogP contribution in [0.1, 0.15) is 48.9 Å². The van der Waals surface area contributed by atoms with E-state index in [0.717, 1.165) is 17.8 Å². The molecule has 1 saturated heterocycles. The topological polar surface area (TPSA) is 38.8 Å². The molecule has 1 aliphatic heterocycles. The van der Waals surface area contributed by atoms with Crippen LogP contribution in [0.2, 0.25) is 0 Å². The van der Waals surface area contributed by atoms with E-state index in [1.807, 2.05) is 18.2 Å². The number of epoxide rings is 1. The van der Waals surface area contributed by atoms with Crippen molar-refractivity contribution in [1.29, 1.82) is 0 Å². The quantitative estimate of drug-likeness (QED) is 0.626. The van der Waals surface area contributed by atoms with Gasteiger partial charge in [0.1, 0.15) is 12.7 Å². The van der Waals surface area contributed by atoms with Crippen LogP contribution >= 0.6 is 0 Å². The van der Waals surface area contributed by atoms with Gasteiger partial charge in [0.25, 0.3) is 0 Å². The fraction of sp³-hybridized carbons (Fsp3) is 0.650. The summed E-state index contributed by atoms with van der Waals surface area (Å²) in [6.07, 6.45) is 8.92. The molecule has 6 rings (SSSR count). The van der Waals surface area contributed by atoms with E-state index in [1.54, 1.807) is 12.1 Å². The van der Waals surface area contributed by atoms with Crippen LogP contribution in [-0.4, -0.2) is 24.8 Å². The van der Waals surface area contributed by atoms with E-state index in [1.165, 1.54) is 38.5 Å². The summed E-state index contributed by atoms with van der Waals surface area (Å²) in [5, 5.41) is 0. The van der Waals surface area contributed by atoms with Gasteiger partial charge in [0.2, 0.25) is 0 Å². The van der Waals surface area contributed by atoms with Crippen LogP contribution in [0.5, 0.6) is 0 Å². The number of benzene rings is 1. The Labute approximate surface area is 137 Å². The Balaban J connectivity index is 1.20. The first-order valence-corrected chi connectivity index (χ1v) is 9.09. The van der Waals surface area contributed by atoms with Crippen molar-refractivity contribution in [2.24, 2.45) is 23.2 Å². The predicted octanol–water partition coefficient (Wildman–Crippen LogP) is 3.83. The average molecular weight is 312 g/mol. The van der Waals surface area contributed by atoms with E-state index in [4.69, 9.17) is 9.47 Å². The van der Waals surface area contributed by atoms with Gasteiger partial charge in [0, 0.05) is 5.41 Å². The lowest BCUT2D eigenvalue weighted by Crippen LogP contribution is -2.49. The van der Waals surface area contributed by atoms with Crippen LogP contribution in [-0.2, 0) is 9.47 Å². The molecule has 0 aromatic heterocycles. The summed E-state index contributed by atoms with van der Waals surface area (Å²) < 4.78 is 11.5. The molecular formula is C20H24O3. The molecule has 0 spiro atoms. The van der Waals surface area contributed by atoms with Crippen LogP contribution in [0.15, 0.2) is 30.3 Å². The lowest BCUT2D eigenvalue weighted by atomic mass is 9.48. The van der Waals surface area contributed by atoms with E-state index < -0.39 is 0 Å². The van der Waals surface area contributed by atoms with E-state index >= 15 is 0 Å². The summed E-state index contributed by atoms with van der Waals surface area (Å²) in [4.78, 5) is 12.1. The number of hydrogen-bond donors (Lipinski definition) is 0. The number of carbonyl (C=O) groups is 1. The second-order valence-electron chi connectivity index (χ2n) is 8.34. The van der Waals surface area contributed by atoms with Crippen molar-refractivity contribution in [3.05, 3.63) is 35.9 Å². The summed E-state index contributed by atoms with van der Waals surface area (Å²) in [6, 6.07) is 9.23. The smallest absolute Gasteiger partial charge is 0.338 e. The minimum Gasteiger partial charge on any atom is -0.459 e. The Bertz CT molecular complexity index is 573. The van der Waals surface area contributed by atoms with Gasteiger partial charge in [-0.3, -0.25) is 0 Å². The number of carbonyl (C=O) groups excluding carboxylic acids is 1. The first kappa shape index (κ1) is 14.0. The van der Waals surface area contributed by atoms with Crippen LogP contribution in [0, 0.1) is 23.2 Å². The number of ether oxygens (including phenoxy) is 2. The highest BCUT2D eigenvalue weighted by Crippen LogP contribution is 2.64. The predicted molar refractivity (Wildman–Crippen MR) is 86.0 cm³/mol. The van der Waals surface area contributed by atoms with Gasteiger partial charge in [0.15, 0.2) is 0 Å². The maximum absolute atomic E-state index is 12.1. The molecule has 3 nitrogen and oxygen atoms in total. The maximum Gasteiger partial charge on any atom is 0.338 e. The number of rotatable bonds is 4. The normalized spacial score (nSPS) is 43.4. The van der Waals surface area contributed by atoms with Crippen molar-refractivity contribution >= 4 is 5.97 Å². The highest BCUT2D eigenvalue weighted by molar-refractivity contribution is 5.89. The van der Waals surface area contributed by atoms with Crippen molar-refractivity contribution in [2.45, 2.75) is 50.7 Å². The summed E-state index contributed by atoms with van der Waals surface area (Å²) >= 11 is 0. The Morgan fingerprint density at radius 3 is 2.26 bits per heavy atom. The molecule has 1 aromatic rings. The fourth-order valence-corrected chi connectivity index (χ4v) is 6.15. The van der Waals surface area contributed by atoms with E-state index in [-0.39, 0.29) is 12.1 Å². The fourth-order valence-electron chi connectivity index (χ4n) is 6.15. The minimum absolute atomic E-state index is 0.138. The molecule has 1 heterocycles. The summed E-state index contributed by atoms with van der Waals surface area (Å²) in [5.41, 5.74) is 1.04. The molecule has 5 fully saturated rings. The Hall–Kier alpha value is -1.35. The van der Waals surface area contributed by atoms with Crippen LogP contribution < -0.4 is 0 Å². The molecule has 0 radical (unpaired) electrons. The third kappa shape index (κ3) is 2.40. The zero-order valence-electron chi connectivity index (χ0n) is 13.4. The molecule has 0 amide bonds. The van der Waals surface area contributed by atoms with Gasteiger partial charge in [-0.25, -0.2) is 4.79 Å². The standard InChI is InChI=1S/C20H24O3/c21-19(16-4-2-1-3-5-16)22-12-17-18(23-17)20-9-13-6-14(10-20)8-15(7-13)11-20/h1-5,13-15,17-18H,6-12H2. The monoisotopic (exact) mass is 312 g/mol. The Kier molecular flexibility index (Phi) is 3.09. The summed E-state index contributed by atoms with van der Waals surface area (Å²) in [7, 11) is 0. The van der Waals surface area contributed by atoms with E-state index in [2.05, 4.69) is 0 Å². The second kappa shape index (κ2) is 5.07. The van der Waals surface area contributed by atoms with Gasteiger partial charge in [-0.2, -0.15) is 0 Å². The molecular weight excluding hydrogens is 288 g/mol. The van der Waals surface area contributed by atoms with Crippen LogP contribution in [0.25, 0.3) is 0 Å². The third-order valence-electron chi connectivity index (χ3n) is 6.66. The van der Waals surface area contributed by atoms with Gasteiger partial charge >= 0.3 is 5.97 Å². The van der Waals surface area contributed by atoms with Gasteiger partial charge in [-0.1, -0.05) is 18.2 Å². The lowest BCUT2D eigenvalue weighted by molar-refractivity contribution is -0.0670. The van der Waals surface area contributed by atoms with Gasteiger partial charge in [0.05, 0.1) is 11.7 Å². The van der Waals surface area contributed by atoms with E-state index in [0.29, 0.717) is 23.7 Å². The molecule has 4 bridgehead atoms. The molecule has 0 N–H and O–H groups in total. The van der Waals surface area contributed by atoms with Crippen LogP contribution in [0.4, 0.5) is 0 Å². The van der Waals surface area contributed by atoms with Crippen molar-refractivity contribution in [2.75, 3.05) is 6.61 Å². The maximum atomic E-state index is 12.1. The largest absolute Gasteiger partial charge is 0.459 e. The molecule has 2 unspecified atom stereocenters. The first-order valence-electron chi connectivity index (χ1n) is 9.09. The molecule has 23 heavy (non-hydrogen) atoms. The van der Waals surface area contributed by atoms with E-state index in [9.17, 15) is 4.79 Å². The summed E-state index contributed by atoms with van der Waals surface area (Å²) in [6.45, 7) is 0.417. The number of esters is 1. The number of hydrogen-bond acceptors (Lipinski definition) is 3. The molecule has 122 valence electrons. The molecule has 4 aliphatic carbocycles. The van der Waals surface area contributed by atoms with Gasteiger partial charge in [-0.05, 0) is 68.4 Å². The lowest BCUT2D eigenvalue weighted by Gasteiger charge is -2.56. The average Bonchev–Trinajstić information content (AvgIpc) is 3.33. The van der Waals surface area contributed by atoms with Crippen molar-refractivity contribution < 1.29 is 14.3 Å². The summed E-state index contributed by atoms with van der Waals surface area (Å²) in [5.74, 6) is 2.60. The zero-order chi connectivity index (χ0) is 15.4. The first-order chi connectivity index (χ1) is 11.2. The Morgan fingerprint density at radius 1 is 1.04 bits per heavy atom. The third-order valence-corrected chi connectivity index (χ3v) is 6.66. The molecule has 2 atom stereocenters. The molecule has 1 aromatic carbocycles.